The number of benzene rings is 2. The lowest BCUT2D eigenvalue weighted by Crippen LogP contribution is -2.35. The molecule has 0 saturated carbocycles. The van der Waals surface area contributed by atoms with Crippen LogP contribution in [-0.4, -0.2) is 23.3 Å². The summed E-state index contributed by atoms with van der Waals surface area (Å²) in [6.45, 7) is 4.41. The zero-order valence-electron chi connectivity index (χ0n) is 15.2. The zero-order chi connectivity index (χ0) is 19.0. The van der Waals surface area contributed by atoms with Gasteiger partial charge in [-0.3, -0.25) is 14.5 Å². The molecule has 3 aromatic rings. The first-order valence-electron chi connectivity index (χ1n) is 8.95. The minimum Gasteiger partial charge on any atom is -0.350 e. The molecule has 0 aliphatic carbocycles. The molecule has 0 spiro atoms. The minimum atomic E-state index is -0.259. The van der Waals surface area contributed by atoms with E-state index in [4.69, 9.17) is 0 Å². The van der Waals surface area contributed by atoms with Gasteiger partial charge >= 0.3 is 0 Å². The third kappa shape index (κ3) is 3.15. The molecule has 1 N–H and O–H groups in total. The zero-order valence-corrected chi connectivity index (χ0v) is 16.0. The Labute approximate surface area is 162 Å². The average Bonchev–Trinajstić information content (AvgIpc) is 3.25. The van der Waals surface area contributed by atoms with Gasteiger partial charge in [-0.2, -0.15) is 0 Å². The summed E-state index contributed by atoms with van der Waals surface area (Å²) in [6, 6.07) is 17.7. The molecule has 0 radical (unpaired) electrons. The summed E-state index contributed by atoms with van der Waals surface area (Å²) >= 11 is 1.47. The van der Waals surface area contributed by atoms with Crippen LogP contribution in [0.25, 0.3) is 16.3 Å². The van der Waals surface area contributed by atoms with Crippen LogP contribution in [0.15, 0.2) is 65.7 Å². The summed E-state index contributed by atoms with van der Waals surface area (Å²) in [6.07, 6.45) is 0. The second-order valence-electron chi connectivity index (χ2n) is 6.99. The van der Waals surface area contributed by atoms with Gasteiger partial charge in [0, 0.05) is 22.5 Å². The molecule has 2 amide bonds. The van der Waals surface area contributed by atoms with Crippen molar-refractivity contribution in [2.24, 2.45) is 5.92 Å². The van der Waals surface area contributed by atoms with Gasteiger partial charge in [-0.25, -0.2) is 0 Å². The predicted molar refractivity (Wildman–Crippen MR) is 110 cm³/mol. The maximum atomic E-state index is 13.1. The van der Waals surface area contributed by atoms with Crippen LogP contribution in [0.1, 0.15) is 18.7 Å². The molecule has 27 heavy (non-hydrogen) atoms. The molecule has 1 aliphatic heterocycles. The van der Waals surface area contributed by atoms with E-state index in [-0.39, 0.29) is 17.7 Å². The second kappa shape index (κ2) is 7.00. The fourth-order valence-electron chi connectivity index (χ4n) is 3.34. The quantitative estimate of drug-likeness (QED) is 0.654. The Hall–Kier alpha value is -2.92. The second-order valence-corrected chi connectivity index (χ2v) is 7.94. The van der Waals surface area contributed by atoms with Crippen molar-refractivity contribution >= 4 is 45.2 Å². The van der Waals surface area contributed by atoms with E-state index in [0.29, 0.717) is 17.8 Å². The summed E-state index contributed by atoms with van der Waals surface area (Å²) in [7, 11) is 0. The number of carbonyl (C=O) groups is 2. The number of nitrogens with one attached hydrogen (secondary N) is 1. The topological polar surface area (TPSA) is 49.4 Å². The Kier molecular flexibility index (Phi) is 4.54. The Morgan fingerprint density at radius 3 is 2.48 bits per heavy atom. The van der Waals surface area contributed by atoms with Gasteiger partial charge < -0.3 is 5.32 Å². The number of rotatable bonds is 5. The van der Waals surface area contributed by atoms with Gasteiger partial charge in [0.05, 0.1) is 5.57 Å². The van der Waals surface area contributed by atoms with Gasteiger partial charge in [0.2, 0.25) is 0 Å². The number of carbonyl (C=O) groups excluding carboxylic acids is 2. The maximum Gasteiger partial charge on any atom is 0.278 e. The number of nitrogens with zero attached hydrogens (tertiary/aromatic N) is 1. The van der Waals surface area contributed by atoms with E-state index in [0.717, 1.165) is 21.3 Å². The first kappa shape index (κ1) is 17.5. The van der Waals surface area contributed by atoms with Crippen molar-refractivity contribution in [3.63, 3.8) is 0 Å². The molecule has 4 rings (SSSR count). The lowest BCUT2D eigenvalue weighted by molar-refractivity contribution is -0.137. The van der Waals surface area contributed by atoms with Gasteiger partial charge in [0.1, 0.15) is 5.70 Å². The Morgan fingerprint density at radius 1 is 0.963 bits per heavy atom. The van der Waals surface area contributed by atoms with Crippen molar-refractivity contribution in [1.29, 1.82) is 0 Å². The summed E-state index contributed by atoms with van der Waals surface area (Å²) in [5, 5.41) is 7.29. The highest BCUT2D eigenvalue weighted by atomic mass is 32.1. The average molecular weight is 376 g/mol. The third-order valence-electron chi connectivity index (χ3n) is 4.53. The number of amides is 2. The first-order chi connectivity index (χ1) is 13.1. The molecule has 0 bridgehead atoms. The molecule has 4 nitrogen and oxygen atoms in total. The van der Waals surface area contributed by atoms with Crippen molar-refractivity contribution in [2.45, 2.75) is 13.8 Å². The molecule has 136 valence electrons. The standard InChI is InChI=1S/C22H20N2O2S/c1-14(2)13-24-21(25)19(18-11-6-12-27-18)20(22(24)26)23-17-10-5-8-15-7-3-4-9-16(15)17/h3-12,14,23H,13H2,1-2H3. The van der Waals surface area contributed by atoms with E-state index in [9.17, 15) is 9.59 Å². The number of anilines is 1. The number of imide groups is 1. The molecule has 0 unspecified atom stereocenters. The summed E-state index contributed by atoms with van der Waals surface area (Å²) in [5.74, 6) is -0.275. The minimum absolute atomic E-state index is 0.208. The van der Waals surface area contributed by atoms with Crippen LogP contribution in [0.5, 0.6) is 0 Å². The van der Waals surface area contributed by atoms with E-state index < -0.39 is 0 Å². The molecule has 1 aliphatic rings. The van der Waals surface area contributed by atoms with E-state index in [1.807, 2.05) is 73.8 Å². The summed E-state index contributed by atoms with van der Waals surface area (Å²) in [5.41, 5.74) is 1.65. The molecule has 1 aromatic heterocycles. The molecule has 0 atom stereocenters. The van der Waals surface area contributed by atoms with Crippen LogP contribution >= 0.6 is 11.3 Å². The maximum absolute atomic E-state index is 13.1. The summed E-state index contributed by atoms with van der Waals surface area (Å²) < 4.78 is 0. The number of thiophene rings is 1. The molecule has 2 heterocycles. The van der Waals surface area contributed by atoms with Gasteiger partial charge in [-0.05, 0) is 28.8 Å². The Balaban J connectivity index is 1.81. The van der Waals surface area contributed by atoms with Crippen molar-refractivity contribution in [3.05, 3.63) is 70.6 Å². The van der Waals surface area contributed by atoms with Crippen LogP contribution in [0, 0.1) is 5.92 Å². The number of hydrogen-bond donors (Lipinski definition) is 1. The highest BCUT2D eigenvalue weighted by Crippen LogP contribution is 2.34. The fourth-order valence-corrected chi connectivity index (χ4v) is 4.11. The van der Waals surface area contributed by atoms with Crippen molar-refractivity contribution in [1.82, 2.24) is 4.90 Å². The Morgan fingerprint density at radius 2 is 1.74 bits per heavy atom. The van der Waals surface area contributed by atoms with Gasteiger partial charge in [0.15, 0.2) is 0 Å². The summed E-state index contributed by atoms with van der Waals surface area (Å²) in [4.78, 5) is 28.3. The molecule has 0 fully saturated rings. The largest absolute Gasteiger partial charge is 0.350 e. The molecule has 5 heteroatoms. The molecule has 0 saturated heterocycles. The highest BCUT2D eigenvalue weighted by molar-refractivity contribution is 7.11. The SMILES string of the molecule is CC(C)CN1C(=O)C(Nc2cccc3ccccc23)=C(c2cccs2)C1=O. The van der Waals surface area contributed by atoms with Crippen LogP contribution < -0.4 is 5.32 Å². The third-order valence-corrected chi connectivity index (χ3v) is 5.42. The first-order valence-corrected chi connectivity index (χ1v) is 9.83. The number of fused-ring (bicyclic) bond motifs is 1. The van der Waals surface area contributed by atoms with E-state index in [1.165, 1.54) is 16.2 Å². The van der Waals surface area contributed by atoms with E-state index >= 15 is 0 Å². The van der Waals surface area contributed by atoms with Crippen LogP contribution in [0.2, 0.25) is 0 Å². The lowest BCUT2D eigenvalue weighted by Gasteiger charge is -2.17. The van der Waals surface area contributed by atoms with Gasteiger partial charge in [-0.1, -0.05) is 56.3 Å². The fraction of sp³-hybridized carbons (Fsp3) is 0.182. The molecule has 2 aromatic carbocycles. The smallest absolute Gasteiger partial charge is 0.278 e. The van der Waals surface area contributed by atoms with Gasteiger partial charge in [0.25, 0.3) is 11.8 Å². The van der Waals surface area contributed by atoms with E-state index in [1.54, 1.807) is 0 Å². The van der Waals surface area contributed by atoms with Crippen LogP contribution in [0.4, 0.5) is 5.69 Å². The van der Waals surface area contributed by atoms with Gasteiger partial charge in [-0.15, -0.1) is 11.3 Å². The predicted octanol–water partition coefficient (Wildman–Crippen LogP) is 4.75. The Bertz CT molecular complexity index is 1050. The van der Waals surface area contributed by atoms with Crippen molar-refractivity contribution in [3.8, 4) is 0 Å². The molecular formula is C22H20N2O2S. The molecular weight excluding hydrogens is 356 g/mol. The highest BCUT2D eigenvalue weighted by Gasteiger charge is 2.39. The lowest BCUT2D eigenvalue weighted by atomic mass is 10.1. The normalized spacial score (nSPS) is 14.7. The van der Waals surface area contributed by atoms with E-state index in [2.05, 4.69) is 5.32 Å². The monoisotopic (exact) mass is 376 g/mol. The number of hydrogen-bond acceptors (Lipinski definition) is 4. The van der Waals surface area contributed by atoms with Crippen LogP contribution in [0.3, 0.4) is 0 Å². The van der Waals surface area contributed by atoms with Crippen molar-refractivity contribution in [2.75, 3.05) is 11.9 Å². The van der Waals surface area contributed by atoms with Crippen LogP contribution in [-0.2, 0) is 9.59 Å². The van der Waals surface area contributed by atoms with Crippen molar-refractivity contribution < 1.29 is 9.59 Å².